The molecule has 0 aliphatic rings. The minimum atomic E-state index is -1.04. The lowest BCUT2D eigenvalue weighted by Crippen LogP contribution is -2.36. The number of anilines is 1. The molecule has 0 aliphatic heterocycles. The largest absolute Gasteiger partial charge is 0.370 e. The Morgan fingerprint density at radius 2 is 2.00 bits per heavy atom. The van der Waals surface area contributed by atoms with Crippen molar-refractivity contribution in [3.8, 4) is 0 Å². The highest BCUT2D eigenvalue weighted by Gasteiger charge is 2.17. The number of rotatable bonds is 3. The number of benzene rings is 1. The molecule has 2 nitrogen and oxygen atoms in total. The molecule has 2 N–H and O–H groups in total. The van der Waals surface area contributed by atoms with E-state index in [1.807, 2.05) is 30.3 Å². The second-order valence-corrected chi connectivity index (χ2v) is 3.17. The van der Waals surface area contributed by atoms with Crippen LogP contribution in [-0.2, 0) is 0 Å². The molecule has 0 heterocycles. The van der Waals surface area contributed by atoms with E-state index < -0.39 is 5.72 Å². The van der Waals surface area contributed by atoms with Crippen molar-refractivity contribution >= 4 is 17.3 Å². The van der Waals surface area contributed by atoms with Crippen LogP contribution in [0.25, 0.3) is 0 Å². The van der Waals surface area contributed by atoms with E-state index in [1.54, 1.807) is 6.92 Å². The number of para-hydroxylation sites is 1. The van der Waals surface area contributed by atoms with Gasteiger partial charge in [-0.15, -0.1) is 11.6 Å². The zero-order chi connectivity index (χ0) is 9.03. The van der Waals surface area contributed by atoms with Crippen molar-refractivity contribution < 1.29 is 5.11 Å². The lowest BCUT2D eigenvalue weighted by molar-refractivity contribution is 0.115. The van der Waals surface area contributed by atoms with E-state index in [2.05, 4.69) is 5.32 Å². The molecule has 0 saturated carbocycles. The van der Waals surface area contributed by atoms with Crippen LogP contribution in [0, 0.1) is 0 Å². The second-order valence-electron chi connectivity index (χ2n) is 2.90. The third kappa shape index (κ3) is 2.72. The molecule has 0 fully saturated rings. The van der Waals surface area contributed by atoms with Crippen LogP contribution in [0.3, 0.4) is 0 Å². The molecule has 1 aromatic rings. The zero-order valence-corrected chi connectivity index (χ0v) is 7.67. The van der Waals surface area contributed by atoms with Crippen LogP contribution < -0.4 is 5.32 Å². The van der Waals surface area contributed by atoms with E-state index in [4.69, 9.17) is 11.6 Å². The van der Waals surface area contributed by atoms with Crippen LogP contribution in [-0.4, -0.2) is 16.7 Å². The fourth-order valence-corrected chi connectivity index (χ4v) is 0.933. The maximum absolute atomic E-state index is 9.53. The van der Waals surface area contributed by atoms with Crippen LogP contribution in [0.2, 0.25) is 0 Å². The SMILES string of the molecule is CC(O)(CCl)Nc1ccccc1. The van der Waals surface area contributed by atoms with Gasteiger partial charge in [0.25, 0.3) is 0 Å². The highest BCUT2D eigenvalue weighted by Crippen LogP contribution is 2.13. The summed E-state index contributed by atoms with van der Waals surface area (Å²) in [6, 6.07) is 9.46. The first-order valence-electron chi connectivity index (χ1n) is 3.76. The van der Waals surface area contributed by atoms with Crippen molar-refractivity contribution in [1.82, 2.24) is 0 Å². The molecule has 0 amide bonds. The third-order valence-corrected chi connectivity index (χ3v) is 1.97. The van der Waals surface area contributed by atoms with Crippen LogP contribution in [0.1, 0.15) is 6.92 Å². The predicted molar refractivity (Wildman–Crippen MR) is 51.4 cm³/mol. The second kappa shape index (κ2) is 3.78. The Hall–Kier alpha value is -0.730. The number of nitrogens with one attached hydrogen (secondary N) is 1. The van der Waals surface area contributed by atoms with E-state index in [0.717, 1.165) is 5.69 Å². The first-order chi connectivity index (χ1) is 5.64. The van der Waals surface area contributed by atoms with Crippen LogP contribution >= 0.6 is 11.6 Å². The lowest BCUT2D eigenvalue weighted by Gasteiger charge is -2.22. The van der Waals surface area contributed by atoms with Gasteiger partial charge in [0.1, 0.15) is 5.72 Å². The molecule has 1 aromatic carbocycles. The fourth-order valence-electron chi connectivity index (χ4n) is 0.866. The smallest absolute Gasteiger partial charge is 0.146 e. The van der Waals surface area contributed by atoms with Gasteiger partial charge in [-0.05, 0) is 19.1 Å². The Kier molecular flexibility index (Phi) is 2.95. The summed E-state index contributed by atoms with van der Waals surface area (Å²) in [5, 5.41) is 12.4. The number of hydrogen-bond donors (Lipinski definition) is 2. The zero-order valence-electron chi connectivity index (χ0n) is 6.92. The summed E-state index contributed by atoms with van der Waals surface area (Å²) in [6.07, 6.45) is 0. The molecule has 1 rings (SSSR count). The van der Waals surface area contributed by atoms with Gasteiger partial charge in [0.2, 0.25) is 0 Å². The van der Waals surface area contributed by atoms with E-state index in [9.17, 15) is 5.11 Å². The Bertz CT molecular complexity index is 236. The molecule has 0 saturated heterocycles. The van der Waals surface area contributed by atoms with Crippen LogP contribution in [0.4, 0.5) is 5.69 Å². The Labute approximate surface area is 77.2 Å². The quantitative estimate of drug-likeness (QED) is 0.558. The van der Waals surface area contributed by atoms with E-state index in [1.165, 1.54) is 0 Å². The van der Waals surface area contributed by atoms with Crippen molar-refractivity contribution in [3.05, 3.63) is 30.3 Å². The standard InChI is InChI=1S/C9H12ClNO/c1-9(12,7-10)11-8-5-3-2-4-6-8/h2-6,11-12H,7H2,1H3. The van der Waals surface area contributed by atoms with Gasteiger partial charge in [0, 0.05) is 5.69 Å². The Morgan fingerprint density at radius 3 is 2.50 bits per heavy atom. The van der Waals surface area contributed by atoms with Crippen LogP contribution in [0.15, 0.2) is 30.3 Å². The van der Waals surface area contributed by atoms with Gasteiger partial charge in [0.15, 0.2) is 0 Å². The predicted octanol–water partition coefficient (Wildman–Crippen LogP) is 2.05. The van der Waals surface area contributed by atoms with Gasteiger partial charge in [-0.1, -0.05) is 18.2 Å². The molecule has 0 aliphatic carbocycles. The summed E-state index contributed by atoms with van der Waals surface area (Å²) in [7, 11) is 0. The van der Waals surface area contributed by atoms with E-state index >= 15 is 0 Å². The Morgan fingerprint density at radius 1 is 1.42 bits per heavy atom. The molecule has 3 heteroatoms. The van der Waals surface area contributed by atoms with Gasteiger partial charge in [0.05, 0.1) is 5.88 Å². The average molecular weight is 186 g/mol. The van der Waals surface area contributed by atoms with E-state index in [-0.39, 0.29) is 5.88 Å². The van der Waals surface area contributed by atoms with Crippen molar-refractivity contribution in [2.45, 2.75) is 12.6 Å². The third-order valence-electron chi connectivity index (χ3n) is 1.45. The summed E-state index contributed by atoms with van der Waals surface area (Å²) < 4.78 is 0. The minimum Gasteiger partial charge on any atom is -0.370 e. The molecular weight excluding hydrogens is 174 g/mol. The van der Waals surface area contributed by atoms with Gasteiger partial charge >= 0.3 is 0 Å². The monoisotopic (exact) mass is 185 g/mol. The lowest BCUT2D eigenvalue weighted by atomic mass is 10.2. The van der Waals surface area contributed by atoms with Crippen molar-refractivity contribution in [2.75, 3.05) is 11.2 Å². The summed E-state index contributed by atoms with van der Waals surface area (Å²) >= 11 is 5.53. The average Bonchev–Trinajstić information content (AvgIpc) is 2.06. The molecule has 1 atom stereocenters. The molecular formula is C9H12ClNO. The molecule has 12 heavy (non-hydrogen) atoms. The topological polar surface area (TPSA) is 32.3 Å². The van der Waals surface area contributed by atoms with Gasteiger partial charge in [-0.3, -0.25) is 0 Å². The maximum atomic E-state index is 9.53. The summed E-state index contributed by atoms with van der Waals surface area (Å²) in [4.78, 5) is 0. The highest BCUT2D eigenvalue weighted by atomic mass is 35.5. The normalized spacial score (nSPS) is 15.2. The maximum Gasteiger partial charge on any atom is 0.146 e. The Balaban J connectivity index is 2.64. The first-order valence-corrected chi connectivity index (χ1v) is 4.29. The number of aliphatic hydroxyl groups is 1. The van der Waals surface area contributed by atoms with Gasteiger partial charge in [-0.2, -0.15) is 0 Å². The first kappa shape index (κ1) is 9.36. The summed E-state index contributed by atoms with van der Waals surface area (Å²) in [5.41, 5.74) is -0.175. The number of alkyl halides is 1. The molecule has 0 radical (unpaired) electrons. The van der Waals surface area contributed by atoms with Gasteiger partial charge < -0.3 is 10.4 Å². The number of halogens is 1. The van der Waals surface area contributed by atoms with E-state index in [0.29, 0.717) is 0 Å². The van der Waals surface area contributed by atoms with Crippen molar-refractivity contribution in [1.29, 1.82) is 0 Å². The number of hydrogen-bond acceptors (Lipinski definition) is 2. The molecule has 0 aromatic heterocycles. The van der Waals surface area contributed by atoms with Crippen molar-refractivity contribution in [2.24, 2.45) is 0 Å². The highest BCUT2D eigenvalue weighted by molar-refractivity contribution is 6.18. The fraction of sp³-hybridized carbons (Fsp3) is 0.333. The van der Waals surface area contributed by atoms with Gasteiger partial charge in [-0.25, -0.2) is 0 Å². The molecule has 1 unspecified atom stereocenters. The molecule has 0 spiro atoms. The van der Waals surface area contributed by atoms with Crippen molar-refractivity contribution in [3.63, 3.8) is 0 Å². The summed E-state index contributed by atoms with van der Waals surface area (Å²) in [5.74, 6) is 0.155. The molecule has 66 valence electrons. The van der Waals surface area contributed by atoms with Crippen LogP contribution in [0.5, 0.6) is 0 Å². The summed E-state index contributed by atoms with van der Waals surface area (Å²) in [6.45, 7) is 1.63. The molecule has 0 bridgehead atoms. The minimum absolute atomic E-state index is 0.155.